The van der Waals surface area contributed by atoms with Crippen LogP contribution in [0.3, 0.4) is 0 Å². The van der Waals surface area contributed by atoms with Gasteiger partial charge in [0, 0.05) is 11.4 Å². The highest BCUT2D eigenvalue weighted by atomic mass is 35.5. The Morgan fingerprint density at radius 2 is 2.43 bits per heavy atom. The van der Waals surface area contributed by atoms with Gasteiger partial charge in [0.2, 0.25) is 0 Å². The number of thiazole rings is 1. The fraction of sp³-hybridized carbons (Fsp3) is 0.700. The van der Waals surface area contributed by atoms with Gasteiger partial charge in [-0.2, -0.15) is 0 Å². The molecule has 1 saturated carbocycles. The quantitative estimate of drug-likeness (QED) is 0.836. The van der Waals surface area contributed by atoms with Crippen molar-refractivity contribution in [3.8, 4) is 0 Å². The molecule has 0 amide bonds. The summed E-state index contributed by atoms with van der Waals surface area (Å²) in [5.41, 5.74) is 0.387. The van der Waals surface area contributed by atoms with E-state index in [0.29, 0.717) is 16.6 Å². The standard InChI is InChI=1S/C10H15ClN2S/c1-10(2)5-3-4-7(10)12-9-13-8(11)6-14-9/h6-7H,3-5H2,1-2H3,(H,12,13). The molecule has 4 heteroatoms. The highest BCUT2D eigenvalue weighted by Crippen LogP contribution is 2.39. The van der Waals surface area contributed by atoms with Crippen LogP contribution in [0.2, 0.25) is 5.15 Å². The van der Waals surface area contributed by atoms with Gasteiger partial charge in [-0.25, -0.2) is 4.98 Å². The molecule has 0 aromatic carbocycles. The molecular formula is C10H15ClN2S. The molecule has 1 heterocycles. The molecule has 0 radical (unpaired) electrons. The third kappa shape index (κ3) is 2.04. The van der Waals surface area contributed by atoms with Gasteiger partial charge in [0.15, 0.2) is 5.13 Å². The first-order chi connectivity index (χ1) is 6.58. The molecule has 1 aliphatic rings. The highest BCUT2D eigenvalue weighted by molar-refractivity contribution is 7.14. The monoisotopic (exact) mass is 230 g/mol. The fourth-order valence-corrected chi connectivity index (χ4v) is 2.95. The zero-order chi connectivity index (χ0) is 10.2. The average molecular weight is 231 g/mol. The summed E-state index contributed by atoms with van der Waals surface area (Å²) in [6.45, 7) is 4.62. The zero-order valence-corrected chi connectivity index (χ0v) is 10.1. The van der Waals surface area contributed by atoms with Crippen LogP contribution in [-0.4, -0.2) is 11.0 Å². The van der Waals surface area contributed by atoms with Crippen LogP contribution in [-0.2, 0) is 0 Å². The van der Waals surface area contributed by atoms with Crippen LogP contribution in [0.15, 0.2) is 5.38 Å². The lowest BCUT2D eigenvalue weighted by Crippen LogP contribution is -2.30. The Labute approximate surface area is 93.7 Å². The fourth-order valence-electron chi connectivity index (χ4n) is 2.06. The molecule has 1 aromatic heterocycles. The third-order valence-corrected chi connectivity index (χ3v) is 4.13. The van der Waals surface area contributed by atoms with Crippen molar-refractivity contribution in [3.63, 3.8) is 0 Å². The van der Waals surface area contributed by atoms with Gasteiger partial charge in [-0.15, -0.1) is 11.3 Å². The number of hydrogen-bond acceptors (Lipinski definition) is 3. The van der Waals surface area contributed by atoms with Crippen LogP contribution in [0.4, 0.5) is 5.13 Å². The molecular weight excluding hydrogens is 216 g/mol. The zero-order valence-electron chi connectivity index (χ0n) is 8.51. The van der Waals surface area contributed by atoms with E-state index < -0.39 is 0 Å². The summed E-state index contributed by atoms with van der Waals surface area (Å²) in [5.74, 6) is 0. The molecule has 0 bridgehead atoms. The van der Waals surface area contributed by atoms with E-state index in [9.17, 15) is 0 Å². The second-order valence-corrected chi connectivity index (χ2v) is 5.80. The van der Waals surface area contributed by atoms with Crippen molar-refractivity contribution in [2.45, 2.75) is 39.2 Å². The topological polar surface area (TPSA) is 24.9 Å². The Kier molecular flexibility index (Phi) is 2.71. The van der Waals surface area contributed by atoms with Gasteiger partial charge in [-0.05, 0) is 18.3 Å². The molecule has 2 nitrogen and oxygen atoms in total. The van der Waals surface area contributed by atoms with E-state index in [4.69, 9.17) is 11.6 Å². The van der Waals surface area contributed by atoms with Crippen LogP contribution in [0.25, 0.3) is 0 Å². The number of aromatic nitrogens is 1. The van der Waals surface area contributed by atoms with Gasteiger partial charge in [-0.1, -0.05) is 31.9 Å². The van der Waals surface area contributed by atoms with Crippen molar-refractivity contribution in [2.75, 3.05) is 5.32 Å². The van der Waals surface area contributed by atoms with Crippen molar-refractivity contribution in [1.82, 2.24) is 4.98 Å². The van der Waals surface area contributed by atoms with Crippen molar-refractivity contribution in [2.24, 2.45) is 5.41 Å². The SMILES string of the molecule is CC1(C)CCCC1Nc1nc(Cl)cs1. The van der Waals surface area contributed by atoms with Gasteiger partial charge in [0.05, 0.1) is 0 Å². The number of rotatable bonds is 2. The first-order valence-electron chi connectivity index (χ1n) is 4.95. The van der Waals surface area contributed by atoms with Gasteiger partial charge in [0.1, 0.15) is 5.15 Å². The predicted octanol–water partition coefficient (Wildman–Crippen LogP) is 3.79. The Morgan fingerprint density at radius 3 is 2.93 bits per heavy atom. The number of nitrogens with zero attached hydrogens (tertiary/aromatic N) is 1. The van der Waals surface area contributed by atoms with E-state index in [1.165, 1.54) is 19.3 Å². The van der Waals surface area contributed by atoms with E-state index in [-0.39, 0.29) is 0 Å². The number of halogens is 1. The second-order valence-electron chi connectivity index (χ2n) is 4.55. The average Bonchev–Trinajstić information content (AvgIpc) is 2.61. The molecule has 1 aliphatic carbocycles. The second kappa shape index (κ2) is 3.70. The third-order valence-electron chi connectivity index (χ3n) is 3.03. The molecule has 14 heavy (non-hydrogen) atoms. The molecule has 1 N–H and O–H groups in total. The van der Waals surface area contributed by atoms with E-state index in [1.807, 2.05) is 5.38 Å². The summed E-state index contributed by atoms with van der Waals surface area (Å²) >= 11 is 7.36. The lowest BCUT2D eigenvalue weighted by Gasteiger charge is -2.27. The number of anilines is 1. The maximum atomic E-state index is 5.78. The molecule has 1 fully saturated rings. The molecule has 1 aromatic rings. The van der Waals surface area contributed by atoms with Crippen molar-refractivity contribution in [1.29, 1.82) is 0 Å². The molecule has 0 aliphatic heterocycles. The maximum absolute atomic E-state index is 5.78. The van der Waals surface area contributed by atoms with E-state index in [2.05, 4.69) is 24.1 Å². The van der Waals surface area contributed by atoms with Crippen molar-refractivity contribution in [3.05, 3.63) is 10.5 Å². The lowest BCUT2D eigenvalue weighted by molar-refractivity contribution is 0.350. The van der Waals surface area contributed by atoms with Crippen LogP contribution in [0.5, 0.6) is 0 Å². The summed E-state index contributed by atoms with van der Waals surface area (Å²) in [6.07, 6.45) is 3.84. The first kappa shape index (κ1) is 10.2. The molecule has 1 unspecified atom stereocenters. The Hall–Kier alpha value is -0.280. The van der Waals surface area contributed by atoms with E-state index in [0.717, 1.165) is 5.13 Å². The lowest BCUT2D eigenvalue weighted by atomic mass is 9.87. The van der Waals surface area contributed by atoms with Gasteiger partial charge in [-0.3, -0.25) is 0 Å². The molecule has 1 atom stereocenters. The molecule has 78 valence electrons. The highest BCUT2D eigenvalue weighted by Gasteiger charge is 2.34. The molecule has 2 rings (SSSR count). The summed E-state index contributed by atoms with van der Waals surface area (Å²) in [6, 6.07) is 0.546. The van der Waals surface area contributed by atoms with Crippen LogP contribution < -0.4 is 5.32 Å². The van der Waals surface area contributed by atoms with Crippen LogP contribution in [0, 0.1) is 5.41 Å². The van der Waals surface area contributed by atoms with Gasteiger partial charge >= 0.3 is 0 Å². The van der Waals surface area contributed by atoms with E-state index >= 15 is 0 Å². The van der Waals surface area contributed by atoms with Crippen LogP contribution in [0.1, 0.15) is 33.1 Å². The minimum Gasteiger partial charge on any atom is -0.358 e. The predicted molar refractivity (Wildman–Crippen MR) is 62.2 cm³/mol. The summed E-state index contributed by atoms with van der Waals surface area (Å²) < 4.78 is 0. The van der Waals surface area contributed by atoms with Crippen LogP contribution >= 0.6 is 22.9 Å². The number of hydrogen-bond donors (Lipinski definition) is 1. The van der Waals surface area contributed by atoms with Gasteiger partial charge < -0.3 is 5.32 Å². The normalized spacial score (nSPS) is 25.2. The van der Waals surface area contributed by atoms with Gasteiger partial charge in [0.25, 0.3) is 0 Å². The minimum atomic E-state index is 0.387. The summed E-state index contributed by atoms with van der Waals surface area (Å²) in [5, 5.41) is 6.89. The first-order valence-corrected chi connectivity index (χ1v) is 6.21. The van der Waals surface area contributed by atoms with Crippen molar-refractivity contribution >= 4 is 28.1 Å². The Morgan fingerprint density at radius 1 is 1.64 bits per heavy atom. The Bertz CT molecular complexity index is 322. The smallest absolute Gasteiger partial charge is 0.184 e. The molecule has 0 spiro atoms. The van der Waals surface area contributed by atoms with E-state index in [1.54, 1.807) is 11.3 Å². The summed E-state index contributed by atoms with van der Waals surface area (Å²) in [4.78, 5) is 4.21. The Balaban J connectivity index is 2.04. The maximum Gasteiger partial charge on any atom is 0.184 e. The number of nitrogens with one attached hydrogen (secondary N) is 1. The molecule has 0 saturated heterocycles. The largest absolute Gasteiger partial charge is 0.358 e. The van der Waals surface area contributed by atoms with Crippen molar-refractivity contribution < 1.29 is 0 Å². The minimum absolute atomic E-state index is 0.387. The summed E-state index contributed by atoms with van der Waals surface area (Å²) in [7, 11) is 0.